The third kappa shape index (κ3) is 1.86. The zero-order valence-electron chi connectivity index (χ0n) is 7.80. The van der Waals surface area contributed by atoms with Gasteiger partial charge < -0.3 is 5.32 Å². The lowest BCUT2D eigenvalue weighted by molar-refractivity contribution is -0.384. The molecule has 0 bridgehead atoms. The molecule has 6 heteroatoms. The lowest BCUT2D eigenvalue weighted by Crippen LogP contribution is -2.07. The van der Waals surface area contributed by atoms with Crippen LogP contribution in [-0.2, 0) is 0 Å². The van der Waals surface area contributed by atoms with E-state index >= 15 is 0 Å². The van der Waals surface area contributed by atoms with Gasteiger partial charge in [0.05, 0.1) is 4.92 Å². The second-order valence-corrected chi connectivity index (χ2v) is 3.34. The van der Waals surface area contributed by atoms with Crippen LogP contribution in [0, 0.1) is 21.4 Å². The molecule has 0 amide bonds. The minimum absolute atomic E-state index is 0.0400. The largest absolute Gasteiger partial charge is 0.362 e. The predicted molar refractivity (Wildman–Crippen MR) is 52.3 cm³/mol. The van der Waals surface area contributed by atoms with E-state index in [1.54, 1.807) is 6.07 Å². The first-order valence-corrected chi connectivity index (χ1v) is 4.52. The van der Waals surface area contributed by atoms with Gasteiger partial charge in [0.15, 0.2) is 0 Å². The van der Waals surface area contributed by atoms with E-state index in [-0.39, 0.29) is 23.1 Å². The Morgan fingerprint density at radius 2 is 2.40 bits per heavy atom. The third-order valence-electron chi connectivity index (χ3n) is 2.15. The van der Waals surface area contributed by atoms with Crippen molar-refractivity contribution in [2.75, 3.05) is 5.32 Å². The number of nitrogens with zero attached hydrogens (tertiary/aromatic N) is 3. The summed E-state index contributed by atoms with van der Waals surface area (Å²) in [6.07, 6.45) is 3.39. The summed E-state index contributed by atoms with van der Waals surface area (Å²) in [7, 11) is 0. The van der Waals surface area contributed by atoms with Crippen molar-refractivity contribution in [2.45, 2.75) is 18.9 Å². The van der Waals surface area contributed by atoms with E-state index in [9.17, 15) is 10.1 Å². The summed E-state index contributed by atoms with van der Waals surface area (Å²) in [5, 5.41) is 22.4. The van der Waals surface area contributed by atoms with Crippen LogP contribution in [-0.4, -0.2) is 15.9 Å². The molecule has 0 aromatic carbocycles. The minimum atomic E-state index is -0.573. The molecule has 1 aliphatic carbocycles. The molecule has 15 heavy (non-hydrogen) atoms. The maximum Gasteiger partial charge on any atom is 0.328 e. The standard InChI is InChI=1S/C9H8N4O2/c10-5-6-3-4-11-9(8(6)13(14)15)12-7-1-2-7/h3-4,7H,1-2H2,(H,11,12). The van der Waals surface area contributed by atoms with Crippen molar-refractivity contribution in [2.24, 2.45) is 0 Å². The van der Waals surface area contributed by atoms with Gasteiger partial charge in [0.2, 0.25) is 5.82 Å². The Labute approximate surface area is 85.7 Å². The number of hydrogen-bond donors (Lipinski definition) is 1. The molecular weight excluding hydrogens is 196 g/mol. The van der Waals surface area contributed by atoms with Crippen molar-refractivity contribution in [3.63, 3.8) is 0 Å². The summed E-state index contributed by atoms with van der Waals surface area (Å²) in [5.74, 6) is 0.196. The summed E-state index contributed by atoms with van der Waals surface area (Å²) >= 11 is 0. The zero-order chi connectivity index (χ0) is 10.8. The minimum Gasteiger partial charge on any atom is -0.362 e. The maximum absolute atomic E-state index is 10.8. The quantitative estimate of drug-likeness (QED) is 0.594. The Kier molecular flexibility index (Phi) is 2.21. The lowest BCUT2D eigenvalue weighted by atomic mass is 10.2. The van der Waals surface area contributed by atoms with Crippen LogP contribution >= 0.6 is 0 Å². The van der Waals surface area contributed by atoms with Crippen LogP contribution in [0.4, 0.5) is 11.5 Å². The monoisotopic (exact) mass is 204 g/mol. The van der Waals surface area contributed by atoms with E-state index in [4.69, 9.17) is 5.26 Å². The van der Waals surface area contributed by atoms with Gasteiger partial charge >= 0.3 is 5.69 Å². The highest BCUT2D eigenvalue weighted by molar-refractivity contribution is 5.64. The van der Waals surface area contributed by atoms with E-state index < -0.39 is 4.92 Å². The number of nitrogens with one attached hydrogen (secondary N) is 1. The van der Waals surface area contributed by atoms with Crippen molar-refractivity contribution >= 4 is 11.5 Å². The SMILES string of the molecule is N#Cc1ccnc(NC2CC2)c1[N+](=O)[O-]. The Bertz CT molecular complexity index is 448. The van der Waals surface area contributed by atoms with Crippen molar-refractivity contribution in [3.05, 3.63) is 27.9 Å². The number of nitro groups is 1. The topological polar surface area (TPSA) is 91.8 Å². The van der Waals surface area contributed by atoms with Crippen LogP contribution in [0.25, 0.3) is 0 Å². The molecule has 6 nitrogen and oxygen atoms in total. The van der Waals surface area contributed by atoms with Gasteiger partial charge in [-0.1, -0.05) is 0 Å². The van der Waals surface area contributed by atoms with Crippen molar-refractivity contribution in [3.8, 4) is 6.07 Å². The number of hydrogen-bond acceptors (Lipinski definition) is 5. The van der Waals surface area contributed by atoms with Crippen molar-refractivity contribution < 1.29 is 4.92 Å². The maximum atomic E-state index is 10.8. The molecule has 1 heterocycles. The van der Waals surface area contributed by atoms with Crippen molar-refractivity contribution in [1.29, 1.82) is 5.26 Å². The lowest BCUT2D eigenvalue weighted by Gasteiger charge is -2.04. The second-order valence-electron chi connectivity index (χ2n) is 3.34. The highest BCUT2D eigenvalue weighted by Gasteiger charge is 2.27. The van der Waals surface area contributed by atoms with E-state index in [0.717, 1.165) is 12.8 Å². The fraction of sp³-hybridized carbons (Fsp3) is 0.333. The fourth-order valence-corrected chi connectivity index (χ4v) is 1.26. The van der Waals surface area contributed by atoms with Crippen LogP contribution in [0.5, 0.6) is 0 Å². The molecule has 0 atom stereocenters. The molecule has 0 spiro atoms. The first-order valence-electron chi connectivity index (χ1n) is 4.52. The first-order chi connectivity index (χ1) is 7.22. The number of aromatic nitrogens is 1. The van der Waals surface area contributed by atoms with E-state index in [1.165, 1.54) is 12.3 Å². The Morgan fingerprint density at radius 3 is 2.93 bits per heavy atom. The molecule has 76 valence electrons. The molecular formula is C9H8N4O2. The second kappa shape index (κ2) is 3.53. The van der Waals surface area contributed by atoms with E-state index in [0.29, 0.717) is 0 Å². The molecule has 0 unspecified atom stereocenters. The summed E-state index contributed by atoms with van der Waals surface area (Å²) in [4.78, 5) is 14.1. The molecule has 1 N–H and O–H groups in total. The molecule has 2 rings (SSSR count). The molecule has 1 fully saturated rings. The van der Waals surface area contributed by atoms with Gasteiger partial charge in [-0.3, -0.25) is 10.1 Å². The molecule has 1 aliphatic rings. The van der Waals surface area contributed by atoms with Crippen molar-refractivity contribution in [1.82, 2.24) is 4.98 Å². The zero-order valence-corrected chi connectivity index (χ0v) is 7.80. The normalized spacial score (nSPS) is 14.3. The fourth-order valence-electron chi connectivity index (χ4n) is 1.26. The van der Waals surface area contributed by atoms with Crippen LogP contribution < -0.4 is 5.32 Å². The average Bonchev–Trinajstić information content (AvgIpc) is 3.01. The molecule has 1 aromatic heterocycles. The van der Waals surface area contributed by atoms with Gasteiger partial charge in [0, 0.05) is 12.2 Å². The van der Waals surface area contributed by atoms with Gasteiger partial charge in [-0.05, 0) is 18.9 Å². The molecule has 1 aromatic rings. The Morgan fingerprint density at radius 1 is 1.67 bits per heavy atom. The van der Waals surface area contributed by atoms with E-state index in [1.807, 2.05) is 0 Å². The van der Waals surface area contributed by atoms with Gasteiger partial charge in [-0.15, -0.1) is 0 Å². The smallest absolute Gasteiger partial charge is 0.328 e. The molecule has 1 saturated carbocycles. The predicted octanol–water partition coefficient (Wildman–Crippen LogP) is 1.44. The molecule has 0 saturated heterocycles. The molecule has 0 radical (unpaired) electrons. The number of nitriles is 1. The van der Waals surface area contributed by atoms with E-state index in [2.05, 4.69) is 10.3 Å². The van der Waals surface area contributed by atoms with Gasteiger partial charge in [-0.25, -0.2) is 4.98 Å². The Balaban J connectivity index is 2.42. The van der Waals surface area contributed by atoms with Gasteiger partial charge in [0.1, 0.15) is 11.6 Å². The van der Waals surface area contributed by atoms with Crippen LogP contribution in [0.2, 0.25) is 0 Å². The third-order valence-corrected chi connectivity index (χ3v) is 2.15. The number of pyridine rings is 1. The van der Waals surface area contributed by atoms with Crippen LogP contribution in [0.15, 0.2) is 12.3 Å². The van der Waals surface area contributed by atoms with Crippen LogP contribution in [0.1, 0.15) is 18.4 Å². The number of anilines is 1. The summed E-state index contributed by atoms with van der Waals surface area (Å²) < 4.78 is 0. The van der Waals surface area contributed by atoms with Crippen LogP contribution in [0.3, 0.4) is 0 Å². The highest BCUT2D eigenvalue weighted by Crippen LogP contribution is 2.30. The first kappa shape index (κ1) is 9.40. The molecule has 0 aliphatic heterocycles. The average molecular weight is 204 g/mol. The van der Waals surface area contributed by atoms with Gasteiger partial charge in [0.25, 0.3) is 0 Å². The number of rotatable bonds is 3. The summed E-state index contributed by atoms with van der Waals surface area (Å²) in [5.41, 5.74) is -0.190. The summed E-state index contributed by atoms with van der Waals surface area (Å²) in [6.45, 7) is 0. The van der Waals surface area contributed by atoms with Gasteiger partial charge in [-0.2, -0.15) is 5.26 Å². The highest BCUT2D eigenvalue weighted by atomic mass is 16.6. The Hall–Kier alpha value is -2.16. The summed E-state index contributed by atoms with van der Waals surface area (Å²) in [6, 6.07) is 3.40.